The number of rotatable bonds is 3. The minimum absolute atomic E-state index is 0.0710. The van der Waals surface area contributed by atoms with Crippen LogP contribution in [0.25, 0.3) is 10.9 Å². The second-order valence-electron chi connectivity index (χ2n) is 7.35. The summed E-state index contributed by atoms with van der Waals surface area (Å²) in [4.78, 5) is 27.2. The summed E-state index contributed by atoms with van der Waals surface area (Å²) in [6, 6.07) is 12.6. The van der Waals surface area contributed by atoms with Crippen molar-refractivity contribution in [2.45, 2.75) is 24.8 Å². The van der Waals surface area contributed by atoms with Gasteiger partial charge in [0.05, 0.1) is 11.2 Å². The molecule has 2 N–H and O–H groups in total. The summed E-state index contributed by atoms with van der Waals surface area (Å²) in [6.07, 6.45) is 2.37. The third-order valence-corrected chi connectivity index (χ3v) is 5.42. The van der Waals surface area contributed by atoms with Gasteiger partial charge in [-0.15, -0.1) is 0 Å². The number of fused-ring (bicyclic) bond motifs is 2. The van der Waals surface area contributed by atoms with E-state index in [1.807, 2.05) is 36.4 Å². The lowest BCUT2D eigenvalue weighted by Crippen LogP contribution is -2.49. The monoisotopic (exact) mass is 376 g/mol. The molecule has 1 saturated carbocycles. The Morgan fingerprint density at radius 1 is 1.25 bits per heavy atom. The van der Waals surface area contributed by atoms with Gasteiger partial charge in [0, 0.05) is 12.4 Å². The number of para-hydroxylation sites is 2. The second-order valence-corrected chi connectivity index (χ2v) is 7.35. The molecule has 0 unspecified atom stereocenters. The number of ether oxygens (including phenoxy) is 1. The lowest BCUT2D eigenvalue weighted by molar-refractivity contribution is -0.120. The first-order valence-electron chi connectivity index (χ1n) is 9.40. The summed E-state index contributed by atoms with van der Waals surface area (Å²) >= 11 is 0. The van der Waals surface area contributed by atoms with Crippen LogP contribution >= 0.6 is 0 Å². The standard InChI is InChI=1S/C21H20N4O3/c1-25-17-4-2-3-5-18(17)28-11-16(21(25)27)22-20(26)19-14-10-13(12-6-7-12)8-9-15(14)23-24-19/h2-5,8-10,12,16H,6-7,11H2,1H3,(H,22,26)(H,23,24)/t16-/m0/s1. The summed E-state index contributed by atoms with van der Waals surface area (Å²) in [7, 11) is 1.68. The zero-order valence-electron chi connectivity index (χ0n) is 15.4. The molecule has 2 heterocycles. The summed E-state index contributed by atoms with van der Waals surface area (Å²) in [5, 5.41) is 10.7. The summed E-state index contributed by atoms with van der Waals surface area (Å²) in [6.45, 7) is 0.0710. The fraction of sp³-hybridized carbons (Fsp3) is 0.286. The topological polar surface area (TPSA) is 87.3 Å². The van der Waals surface area contributed by atoms with Crippen LogP contribution in [0.15, 0.2) is 42.5 Å². The van der Waals surface area contributed by atoms with Crippen molar-refractivity contribution in [3.05, 3.63) is 53.7 Å². The Morgan fingerprint density at radius 3 is 2.89 bits per heavy atom. The van der Waals surface area contributed by atoms with E-state index in [-0.39, 0.29) is 18.4 Å². The molecule has 3 aromatic rings. The lowest BCUT2D eigenvalue weighted by atomic mass is 10.1. The first kappa shape index (κ1) is 16.8. The third-order valence-electron chi connectivity index (χ3n) is 5.42. The largest absolute Gasteiger partial charge is 0.489 e. The number of aromatic amines is 1. The molecule has 1 fully saturated rings. The number of carbonyl (C=O) groups excluding carboxylic acids is 2. The Morgan fingerprint density at radius 2 is 2.07 bits per heavy atom. The maximum atomic E-state index is 12.9. The van der Waals surface area contributed by atoms with E-state index >= 15 is 0 Å². The molecule has 142 valence electrons. The lowest BCUT2D eigenvalue weighted by Gasteiger charge is -2.20. The quantitative estimate of drug-likeness (QED) is 0.736. The minimum Gasteiger partial charge on any atom is -0.489 e. The number of likely N-dealkylation sites (N-methyl/N-ethyl adjacent to an activating group) is 1. The molecule has 1 aliphatic heterocycles. The summed E-state index contributed by atoms with van der Waals surface area (Å²) in [5.74, 6) is 0.589. The number of nitrogens with one attached hydrogen (secondary N) is 2. The summed E-state index contributed by atoms with van der Waals surface area (Å²) < 4.78 is 5.76. The van der Waals surface area contributed by atoms with Crippen LogP contribution in [0.1, 0.15) is 34.8 Å². The van der Waals surface area contributed by atoms with Crippen LogP contribution in [-0.2, 0) is 4.79 Å². The van der Waals surface area contributed by atoms with Gasteiger partial charge in [0.25, 0.3) is 11.8 Å². The molecule has 2 aliphatic rings. The average Bonchev–Trinajstić information content (AvgIpc) is 3.49. The SMILES string of the molecule is CN1C(=O)[C@@H](NC(=O)c2n[nH]c3ccc(C4CC4)cc23)COc2ccccc21. The number of H-pyrrole nitrogens is 1. The van der Waals surface area contributed by atoms with Gasteiger partial charge in [0.2, 0.25) is 0 Å². The van der Waals surface area contributed by atoms with Crippen LogP contribution in [0.4, 0.5) is 5.69 Å². The number of anilines is 1. The number of nitrogens with zero attached hydrogens (tertiary/aromatic N) is 2. The fourth-order valence-corrected chi connectivity index (χ4v) is 3.66. The highest BCUT2D eigenvalue weighted by atomic mass is 16.5. The smallest absolute Gasteiger partial charge is 0.273 e. The number of hydrogen-bond donors (Lipinski definition) is 2. The Hall–Kier alpha value is -3.35. The number of amides is 2. The van der Waals surface area contributed by atoms with Crippen molar-refractivity contribution in [3.63, 3.8) is 0 Å². The van der Waals surface area contributed by atoms with Crippen LogP contribution in [0.2, 0.25) is 0 Å². The van der Waals surface area contributed by atoms with Crippen molar-refractivity contribution in [2.75, 3.05) is 18.6 Å². The molecule has 2 amide bonds. The third kappa shape index (κ3) is 2.79. The van der Waals surface area contributed by atoms with Crippen LogP contribution in [0.5, 0.6) is 5.75 Å². The van der Waals surface area contributed by atoms with E-state index in [4.69, 9.17) is 4.74 Å². The van der Waals surface area contributed by atoms with Gasteiger partial charge >= 0.3 is 0 Å². The van der Waals surface area contributed by atoms with Gasteiger partial charge in [0.1, 0.15) is 18.4 Å². The van der Waals surface area contributed by atoms with Crippen molar-refractivity contribution in [2.24, 2.45) is 0 Å². The molecule has 0 radical (unpaired) electrons. The van der Waals surface area contributed by atoms with Gasteiger partial charge in [-0.3, -0.25) is 14.7 Å². The van der Waals surface area contributed by atoms with E-state index in [1.54, 1.807) is 7.05 Å². The molecule has 0 saturated heterocycles. The molecule has 7 nitrogen and oxygen atoms in total. The molecule has 2 aromatic carbocycles. The van der Waals surface area contributed by atoms with Gasteiger partial charge < -0.3 is 15.0 Å². The highest BCUT2D eigenvalue weighted by Gasteiger charge is 2.31. The van der Waals surface area contributed by atoms with Gasteiger partial charge in [0.15, 0.2) is 5.69 Å². The summed E-state index contributed by atoms with van der Waals surface area (Å²) in [5.41, 5.74) is 3.02. The van der Waals surface area contributed by atoms with E-state index in [9.17, 15) is 9.59 Å². The Labute approximate surface area is 161 Å². The van der Waals surface area contributed by atoms with Crippen molar-refractivity contribution in [1.29, 1.82) is 0 Å². The molecule has 1 aliphatic carbocycles. The van der Waals surface area contributed by atoms with Crippen LogP contribution in [0, 0.1) is 0 Å². The molecule has 0 spiro atoms. The van der Waals surface area contributed by atoms with E-state index in [1.165, 1.54) is 23.3 Å². The van der Waals surface area contributed by atoms with Crippen molar-refractivity contribution in [3.8, 4) is 5.75 Å². The molecule has 7 heteroatoms. The van der Waals surface area contributed by atoms with Crippen molar-refractivity contribution >= 4 is 28.4 Å². The van der Waals surface area contributed by atoms with E-state index in [0.717, 1.165) is 10.9 Å². The van der Waals surface area contributed by atoms with E-state index in [0.29, 0.717) is 23.0 Å². The van der Waals surface area contributed by atoms with Crippen molar-refractivity contribution in [1.82, 2.24) is 15.5 Å². The molecule has 1 aromatic heterocycles. The Bertz CT molecular complexity index is 1090. The first-order valence-corrected chi connectivity index (χ1v) is 9.40. The Kier molecular flexibility index (Phi) is 3.82. The maximum absolute atomic E-state index is 12.9. The second kappa shape index (κ2) is 6.37. The first-order chi connectivity index (χ1) is 13.6. The van der Waals surface area contributed by atoms with Gasteiger partial charge in [-0.1, -0.05) is 18.2 Å². The Balaban J connectivity index is 1.40. The number of benzene rings is 2. The van der Waals surface area contributed by atoms with Crippen LogP contribution < -0.4 is 15.0 Å². The molecular weight excluding hydrogens is 356 g/mol. The molecule has 0 bridgehead atoms. The highest BCUT2D eigenvalue weighted by molar-refractivity contribution is 6.08. The van der Waals surface area contributed by atoms with Gasteiger partial charge in [-0.05, 0) is 48.6 Å². The maximum Gasteiger partial charge on any atom is 0.273 e. The zero-order chi connectivity index (χ0) is 19.3. The van der Waals surface area contributed by atoms with Crippen LogP contribution in [0.3, 0.4) is 0 Å². The number of aromatic nitrogens is 2. The van der Waals surface area contributed by atoms with Gasteiger partial charge in [-0.2, -0.15) is 5.10 Å². The zero-order valence-corrected chi connectivity index (χ0v) is 15.4. The molecule has 5 rings (SSSR count). The number of carbonyl (C=O) groups is 2. The predicted octanol–water partition coefficient (Wildman–Crippen LogP) is 2.59. The van der Waals surface area contributed by atoms with Crippen molar-refractivity contribution < 1.29 is 14.3 Å². The van der Waals surface area contributed by atoms with E-state index < -0.39 is 6.04 Å². The highest BCUT2D eigenvalue weighted by Crippen LogP contribution is 2.41. The van der Waals surface area contributed by atoms with Crippen LogP contribution in [-0.4, -0.2) is 41.7 Å². The minimum atomic E-state index is -0.789. The van der Waals surface area contributed by atoms with Gasteiger partial charge in [-0.25, -0.2) is 0 Å². The molecule has 28 heavy (non-hydrogen) atoms. The molecular formula is C21H20N4O3. The fourth-order valence-electron chi connectivity index (χ4n) is 3.66. The normalized spacial score (nSPS) is 19.1. The average molecular weight is 376 g/mol. The van der Waals surface area contributed by atoms with E-state index in [2.05, 4.69) is 21.6 Å². The predicted molar refractivity (Wildman–Crippen MR) is 105 cm³/mol. The number of hydrogen-bond acceptors (Lipinski definition) is 4. The molecule has 1 atom stereocenters.